The van der Waals surface area contributed by atoms with E-state index in [9.17, 15) is 42.6 Å². The minimum atomic E-state index is -4.70. The number of anilines is 2. The molecule has 2 aromatic heterocycles. The van der Waals surface area contributed by atoms with E-state index in [1.54, 1.807) is 27.8 Å². The Hall–Kier alpha value is -5.34. The fourth-order valence-corrected chi connectivity index (χ4v) is 8.97. The Kier molecular flexibility index (Phi) is 21.5. The Labute approximate surface area is 416 Å². The first-order valence-electron chi connectivity index (χ1n) is 24.6. The van der Waals surface area contributed by atoms with Gasteiger partial charge in [0, 0.05) is 44.8 Å². The lowest BCUT2D eigenvalue weighted by molar-refractivity contribution is -0.161. The molecule has 2 aliphatic heterocycles. The van der Waals surface area contributed by atoms with Crippen molar-refractivity contribution >= 4 is 35.1 Å². The van der Waals surface area contributed by atoms with Crippen LogP contribution in [-0.4, -0.2) is 186 Å². The number of benzene rings is 1. The summed E-state index contributed by atoms with van der Waals surface area (Å²) in [5.41, 5.74) is 6.58. The normalized spacial score (nSPS) is 21.1. The van der Waals surface area contributed by atoms with E-state index in [4.69, 9.17) is 29.4 Å². The summed E-state index contributed by atoms with van der Waals surface area (Å²) in [7, 11) is 1.99. The molecule has 3 aromatic rings. The number of primary amides is 1. The average molecular weight is 1020 g/mol. The molecule has 2 saturated heterocycles. The molecule has 0 spiro atoms. The van der Waals surface area contributed by atoms with Crippen LogP contribution in [0.1, 0.15) is 78.8 Å². The fourth-order valence-electron chi connectivity index (χ4n) is 8.97. The zero-order valence-corrected chi connectivity index (χ0v) is 40.9. The first-order valence-corrected chi connectivity index (χ1v) is 24.6. The van der Waals surface area contributed by atoms with Crippen molar-refractivity contribution in [2.75, 3.05) is 103 Å². The first-order chi connectivity index (χ1) is 34.6. The second-order valence-electron chi connectivity index (χ2n) is 18.2. The molecule has 4 amide bonds. The lowest BCUT2D eigenvalue weighted by Gasteiger charge is -2.38. The summed E-state index contributed by atoms with van der Waals surface area (Å²) in [5.74, 6) is -2.24. The molecule has 72 heavy (non-hydrogen) atoms. The van der Waals surface area contributed by atoms with Crippen LogP contribution in [0, 0.1) is 5.92 Å². The average Bonchev–Trinajstić information content (AvgIpc) is 3.61. The molecular formula is C48H69F3N10O11. The number of carbonyl (C=O) groups is 4. The van der Waals surface area contributed by atoms with E-state index in [1.165, 1.54) is 0 Å². The Morgan fingerprint density at radius 1 is 0.889 bits per heavy atom. The van der Waals surface area contributed by atoms with Gasteiger partial charge in [0.15, 0.2) is 5.69 Å². The van der Waals surface area contributed by atoms with Crippen molar-refractivity contribution in [2.45, 2.75) is 101 Å². The van der Waals surface area contributed by atoms with Gasteiger partial charge in [0.2, 0.25) is 17.7 Å². The highest BCUT2D eigenvalue weighted by Crippen LogP contribution is 2.36. The number of ether oxygens (including phenoxy) is 5. The van der Waals surface area contributed by atoms with E-state index in [2.05, 4.69) is 35.9 Å². The van der Waals surface area contributed by atoms with Gasteiger partial charge in [-0.2, -0.15) is 18.3 Å². The van der Waals surface area contributed by atoms with Crippen molar-refractivity contribution in [1.29, 1.82) is 0 Å². The monoisotopic (exact) mass is 1020 g/mol. The molecule has 24 heteroatoms. The number of likely N-dealkylation sites (N-methyl/N-ethyl adjacent to an activating group) is 1. The summed E-state index contributed by atoms with van der Waals surface area (Å²) in [4.78, 5) is 64.1. The van der Waals surface area contributed by atoms with Gasteiger partial charge in [0.1, 0.15) is 42.5 Å². The molecule has 6 atom stereocenters. The van der Waals surface area contributed by atoms with E-state index in [-0.39, 0.29) is 95.1 Å². The maximum absolute atomic E-state index is 14.1. The molecule has 7 N–H and O–H groups in total. The third-order valence-corrected chi connectivity index (χ3v) is 13.0. The lowest BCUT2D eigenvalue weighted by Crippen LogP contribution is -2.57. The van der Waals surface area contributed by atoms with Gasteiger partial charge in [-0.05, 0) is 56.5 Å². The Bertz CT molecular complexity index is 2190. The molecule has 6 rings (SSSR count). The number of nitrogens with two attached hydrogens (primary N) is 1. The molecule has 1 aliphatic carbocycles. The van der Waals surface area contributed by atoms with Crippen LogP contribution in [0.25, 0.3) is 0 Å². The predicted octanol–water partition coefficient (Wildman–Crippen LogP) is 1.97. The van der Waals surface area contributed by atoms with Crippen molar-refractivity contribution < 1.29 is 66.2 Å². The van der Waals surface area contributed by atoms with Gasteiger partial charge in [-0.25, -0.2) is 4.98 Å². The number of amides is 4. The molecule has 0 radical (unpaired) electrons. The maximum Gasteiger partial charge on any atom is 0.434 e. The number of alkyl halides is 3. The highest BCUT2D eigenvalue weighted by molar-refractivity contribution is 5.97. The van der Waals surface area contributed by atoms with E-state index in [1.807, 2.05) is 26.1 Å². The molecule has 21 nitrogen and oxygen atoms in total. The topological polar surface area (TPSA) is 267 Å². The van der Waals surface area contributed by atoms with Crippen molar-refractivity contribution in [3.8, 4) is 0 Å². The van der Waals surface area contributed by atoms with Gasteiger partial charge in [-0.1, -0.05) is 37.8 Å². The predicted molar refractivity (Wildman–Crippen MR) is 255 cm³/mol. The summed E-state index contributed by atoms with van der Waals surface area (Å²) < 4.78 is 68.2. The number of aliphatic hydroxyl groups excluding tert-OH is 2. The minimum absolute atomic E-state index is 0.0491. The number of hydrogen-bond donors (Lipinski definition) is 6. The quantitative estimate of drug-likeness (QED) is 0.0523. The molecule has 3 aliphatic rings. The maximum atomic E-state index is 14.1. The van der Waals surface area contributed by atoms with Gasteiger partial charge < -0.3 is 65.4 Å². The molecule has 0 unspecified atom stereocenters. The molecule has 398 valence electrons. The van der Waals surface area contributed by atoms with Crippen LogP contribution in [0.4, 0.5) is 24.7 Å². The van der Waals surface area contributed by atoms with Gasteiger partial charge in [-0.15, -0.1) is 0 Å². The molecular weight excluding hydrogens is 950 g/mol. The van der Waals surface area contributed by atoms with Crippen LogP contribution >= 0.6 is 0 Å². The van der Waals surface area contributed by atoms with Crippen molar-refractivity contribution in [3.63, 3.8) is 0 Å². The van der Waals surface area contributed by atoms with Crippen molar-refractivity contribution in [3.05, 3.63) is 65.4 Å². The summed E-state index contributed by atoms with van der Waals surface area (Å²) in [5, 5.41) is 34.3. The summed E-state index contributed by atoms with van der Waals surface area (Å²) in [6.07, 6.45) is -0.536. The number of hydrogen-bond acceptors (Lipinski definition) is 16. The fraction of sp³-hybridized carbons (Fsp3) is 0.646. The summed E-state index contributed by atoms with van der Waals surface area (Å²) in [6.45, 7) is 5.31. The number of halogens is 3. The Balaban J connectivity index is 0.891. The molecule has 0 bridgehead atoms. The first kappa shape index (κ1) is 56.0. The van der Waals surface area contributed by atoms with E-state index in [0.29, 0.717) is 50.3 Å². The van der Waals surface area contributed by atoms with Gasteiger partial charge in [0.25, 0.3) is 5.91 Å². The molecule has 1 saturated carbocycles. The molecule has 4 heterocycles. The second-order valence-corrected chi connectivity index (χ2v) is 18.2. The van der Waals surface area contributed by atoms with Gasteiger partial charge in [0.05, 0.1) is 82.9 Å². The van der Waals surface area contributed by atoms with Crippen LogP contribution in [-0.2, 0) is 57.2 Å². The number of nitrogens with one attached hydrogen (secondary N) is 3. The summed E-state index contributed by atoms with van der Waals surface area (Å²) >= 11 is 0. The number of aromatic nitrogens is 4. The van der Waals surface area contributed by atoms with Gasteiger partial charge >= 0.3 is 6.18 Å². The van der Waals surface area contributed by atoms with E-state index >= 15 is 0 Å². The minimum Gasteiger partial charge on any atom is -0.388 e. The number of piperazine rings is 1. The highest BCUT2D eigenvalue weighted by Gasteiger charge is 2.40. The Morgan fingerprint density at radius 2 is 1.54 bits per heavy atom. The Morgan fingerprint density at radius 3 is 2.17 bits per heavy atom. The van der Waals surface area contributed by atoms with Crippen LogP contribution in [0.5, 0.6) is 0 Å². The second kappa shape index (κ2) is 27.6. The number of carbonyl (C=O) groups excluding carboxylic acids is 4. The summed E-state index contributed by atoms with van der Waals surface area (Å²) in [6, 6.07) is 7.02. The van der Waals surface area contributed by atoms with Gasteiger partial charge in [-0.3, -0.25) is 28.8 Å². The zero-order chi connectivity index (χ0) is 51.6. The lowest BCUT2D eigenvalue weighted by atomic mass is 9.83. The van der Waals surface area contributed by atoms with Crippen LogP contribution in [0.15, 0.2) is 42.7 Å². The van der Waals surface area contributed by atoms with Crippen LogP contribution in [0.3, 0.4) is 0 Å². The molecule has 3 fully saturated rings. The van der Waals surface area contributed by atoms with Crippen LogP contribution in [0.2, 0.25) is 0 Å². The zero-order valence-electron chi connectivity index (χ0n) is 40.9. The number of aliphatic hydroxyl groups is 2. The number of rotatable bonds is 25. The third-order valence-electron chi connectivity index (χ3n) is 13.0. The van der Waals surface area contributed by atoms with Crippen LogP contribution < -0.4 is 21.7 Å². The third kappa shape index (κ3) is 16.6. The van der Waals surface area contributed by atoms with Crippen molar-refractivity contribution in [2.24, 2.45) is 11.7 Å². The van der Waals surface area contributed by atoms with E-state index in [0.717, 1.165) is 50.3 Å². The smallest absolute Gasteiger partial charge is 0.388 e. The SMILES string of the molecule is CCn1nc([C@@H](C(=O)Nc2ccc(C[C@@H](NC(=O)COCCOCCOCCOC[C@H]3OC[C@H](Nc4cncc(C(F)(F)F)n4)[C@@H](O)[C@H]3O)C(=O)N3CCN(C)CC3)cc2)C2CCCCCC2)cc1C(N)=O. The standard InChI is InChI=1S/C48H69F3N10O11/c1-3-61-37(45(52)65)25-34(58-61)42(32-8-6-4-5-7-9-32)46(66)54-33-12-10-31(11-13-33)24-35(47(67)60-16-14-59(2)15-17-60)56-41(62)30-71-23-21-69-19-18-68-20-22-70-29-38-44(64)43(63)36(28-72-38)55-40-27-53-26-39(57-40)48(49,50)51/h10-13,25-27,32,35-36,38,42-44,63-64H,3-9,14-24,28-30H2,1-2H3,(H2,52,65)(H,54,66)(H,55,57)(H,56,62)/t35-,36+,38-,42+,43-,44+/m1/s1. The number of aryl methyl sites for hydroxylation is 1. The van der Waals surface area contributed by atoms with Crippen molar-refractivity contribution in [1.82, 2.24) is 34.9 Å². The number of nitrogens with zero attached hydrogens (tertiary/aromatic N) is 6. The van der Waals surface area contributed by atoms with E-state index < -0.39 is 60.0 Å². The highest BCUT2D eigenvalue weighted by atomic mass is 19.4. The largest absolute Gasteiger partial charge is 0.434 e. The molecule has 1 aromatic carbocycles.